The fraction of sp³-hybridized carbons (Fsp3) is 0.857. The summed E-state index contributed by atoms with van der Waals surface area (Å²) in [6.45, 7) is 2.96. The van der Waals surface area contributed by atoms with Gasteiger partial charge in [-0.1, -0.05) is 0 Å². The quantitative estimate of drug-likeness (QED) is 0.494. The number of carbonyl (C=O) groups is 1. The first kappa shape index (κ1) is 11.4. The Balaban J connectivity index is 4.05. The predicted octanol–water partition coefficient (Wildman–Crippen LogP) is -0.467. The van der Waals surface area contributed by atoms with Gasteiger partial charge in [0.2, 0.25) is 0 Å². The van der Waals surface area contributed by atoms with Gasteiger partial charge in [0.25, 0.3) is 0 Å². The van der Waals surface area contributed by atoms with Crippen LogP contribution < -0.4 is 5.73 Å². The average Bonchev–Trinajstić information content (AvgIpc) is 1.83. The monoisotopic (exact) mass is 177 g/mol. The van der Waals surface area contributed by atoms with Gasteiger partial charge in [-0.05, 0) is 26.8 Å². The Hall–Kier alpha value is -0.650. The van der Waals surface area contributed by atoms with Crippen molar-refractivity contribution in [2.45, 2.75) is 32.2 Å². The van der Waals surface area contributed by atoms with Crippen LogP contribution in [-0.2, 0) is 9.53 Å². The number of aliphatic carboxylic acids is 1. The molecule has 0 aromatic carbocycles. The van der Waals surface area contributed by atoms with E-state index in [9.17, 15) is 4.79 Å². The molecule has 4 N–H and O–H groups in total. The van der Waals surface area contributed by atoms with E-state index in [0.717, 1.165) is 0 Å². The molecule has 5 heteroatoms. The van der Waals surface area contributed by atoms with Gasteiger partial charge in [0.05, 0.1) is 0 Å². The van der Waals surface area contributed by atoms with Crippen molar-refractivity contribution in [1.82, 2.24) is 0 Å². The maximum atomic E-state index is 10.5. The van der Waals surface area contributed by atoms with Gasteiger partial charge in [0.1, 0.15) is 0 Å². The average molecular weight is 177 g/mol. The molecule has 0 spiro atoms. The van der Waals surface area contributed by atoms with Gasteiger partial charge in [-0.15, -0.1) is 0 Å². The molecule has 0 bridgehead atoms. The summed E-state index contributed by atoms with van der Waals surface area (Å²) in [6.07, 6.45) is -0.839. The second-order valence-corrected chi connectivity index (χ2v) is 2.97. The molecule has 5 nitrogen and oxygen atoms in total. The molecule has 12 heavy (non-hydrogen) atoms. The molecule has 1 unspecified atom stereocenters. The largest absolute Gasteiger partial charge is 0.479 e. The van der Waals surface area contributed by atoms with Crippen molar-refractivity contribution in [1.29, 1.82) is 0 Å². The first-order valence-corrected chi connectivity index (χ1v) is 3.70. The van der Waals surface area contributed by atoms with Crippen LogP contribution in [0.25, 0.3) is 0 Å². The van der Waals surface area contributed by atoms with Crippen molar-refractivity contribution in [2.24, 2.45) is 5.73 Å². The number of ether oxygens (including phenoxy) is 1. The molecule has 72 valence electrons. The number of hydrogen-bond donors (Lipinski definition) is 3. The fourth-order valence-corrected chi connectivity index (χ4v) is 0.732. The van der Waals surface area contributed by atoms with Gasteiger partial charge >= 0.3 is 5.97 Å². The van der Waals surface area contributed by atoms with Crippen LogP contribution in [0.2, 0.25) is 0 Å². The van der Waals surface area contributed by atoms with Crippen LogP contribution >= 0.6 is 0 Å². The standard InChI is InChI=1S/C7H15NO4/c1-7(2,11)12-5(3-4-8)6(9)10/h5,11H,3-4,8H2,1-2H3,(H,9,10). The molecule has 0 aromatic heterocycles. The molecular weight excluding hydrogens is 162 g/mol. The lowest BCUT2D eigenvalue weighted by molar-refractivity contribution is -0.215. The van der Waals surface area contributed by atoms with E-state index in [1.807, 2.05) is 0 Å². The van der Waals surface area contributed by atoms with Crippen LogP contribution in [0.3, 0.4) is 0 Å². The molecule has 0 amide bonds. The summed E-state index contributed by atoms with van der Waals surface area (Å²) in [4.78, 5) is 10.5. The minimum atomic E-state index is -1.43. The second kappa shape index (κ2) is 4.39. The smallest absolute Gasteiger partial charge is 0.333 e. The maximum absolute atomic E-state index is 10.5. The van der Waals surface area contributed by atoms with Crippen molar-refractivity contribution in [3.05, 3.63) is 0 Å². The van der Waals surface area contributed by atoms with Gasteiger partial charge in [-0.2, -0.15) is 0 Å². The molecule has 0 aliphatic heterocycles. The first-order chi connectivity index (χ1) is 5.37. The van der Waals surface area contributed by atoms with E-state index in [0.29, 0.717) is 0 Å². The maximum Gasteiger partial charge on any atom is 0.333 e. The molecule has 0 aliphatic carbocycles. The van der Waals surface area contributed by atoms with Gasteiger partial charge in [-0.3, -0.25) is 0 Å². The molecule has 0 radical (unpaired) electrons. The molecule has 1 atom stereocenters. The lowest BCUT2D eigenvalue weighted by atomic mass is 10.2. The zero-order valence-electron chi connectivity index (χ0n) is 7.28. The van der Waals surface area contributed by atoms with E-state index < -0.39 is 17.9 Å². The molecule has 0 fully saturated rings. The van der Waals surface area contributed by atoms with Crippen LogP contribution in [0.4, 0.5) is 0 Å². The highest BCUT2D eigenvalue weighted by Gasteiger charge is 2.25. The number of hydrogen-bond acceptors (Lipinski definition) is 4. The summed E-state index contributed by atoms with van der Waals surface area (Å²) < 4.78 is 4.82. The Morgan fingerprint density at radius 3 is 2.42 bits per heavy atom. The third kappa shape index (κ3) is 5.06. The topological polar surface area (TPSA) is 92.8 Å². The first-order valence-electron chi connectivity index (χ1n) is 3.70. The molecule has 0 aromatic rings. The Morgan fingerprint density at radius 1 is 1.67 bits per heavy atom. The summed E-state index contributed by atoms with van der Waals surface area (Å²) in [5, 5.41) is 17.7. The fourth-order valence-electron chi connectivity index (χ4n) is 0.732. The molecule has 0 saturated heterocycles. The summed E-state index contributed by atoms with van der Waals surface area (Å²) in [5.41, 5.74) is 5.16. The van der Waals surface area contributed by atoms with Gasteiger partial charge in [-0.25, -0.2) is 4.79 Å². The minimum absolute atomic E-state index is 0.194. The van der Waals surface area contributed by atoms with Gasteiger partial charge < -0.3 is 20.7 Å². The SMILES string of the molecule is CC(C)(O)OC(CCN)C(=O)O. The van der Waals surface area contributed by atoms with Crippen LogP contribution in [-0.4, -0.2) is 34.6 Å². The van der Waals surface area contributed by atoms with E-state index in [1.54, 1.807) is 0 Å². The Morgan fingerprint density at radius 2 is 2.17 bits per heavy atom. The second-order valence-electron chi connectivity index (χ2n) is 2.97. The van der Waals surface area contributed by atoms with Crippen molar-refractivity contribution in [3.8, 4) is 0 Å². The van der Waals surface area contributed by atoms with E-state index in [1.165, 1.54) is 13.8 Å². The van der Waals surface area contributed by atoms with Gasteiger partial charge in [0, 0.05) is 0 Å². The lowest BCUT2D eigenvalue weighted by Gasteiger charge is -2.23. The van der Waals surface area contributed by atoms with Crippen molar-refractivity contribution >= 4 is 5.97 Å². The molecule has 0 heterocycles. The van der Waals surface area contributed by atoms with Crippen LogP contribution in [0.15, 0.2) is 0 Å². The molecule has 0 rings (SSSR count). The Kier molecular flexibility index (Phi) is 4.16. The third-order valence-corrected chi connectivity index (χ3v) is 1.13. The molecular formula is C7H15NO4. The van der Waals surface area contributed by atoms with Crippen LogP contribution in [0.1, 0.15) is 20.3 Å². The van der Waals surface area contributed by atoms with E-state index in [4.69, 9.17) is 20.7 Å². The number of carboxylic acids is 1. The molecule has 0 saturated carbocycles. The van der Waals surface area contributed by atoms with Crippen LogP contribution in [0.5, 0.6) is 0 Å². The Labute approximate surface area is 71.1 Å². The highest BCUT2D eigenvalue weighted by atomic mass is 16.6. The third-order valence-electron chi connectivity index (χ3n) is 1.13. The number of rotatable bonds is 5. The van der Waals surface area contributed by atoms with Gasteiger partial charge in [0.15, 0.2) is 11.9 Å². The van der Waals surface area contributed by atoms with E-state index in [-0.39, 0.29) is 13.0 Å². The zero-order valence-corrected chi connectivity index (χ0v) is 7.28. The predicted molar refractivity (Wildman–Crippen MR) is 42.5 cm³/mol. The van der Waals surface area contributed by atoms with E-state index >= 15 is 0 Å². The Bertz CT molecular complexity index is 152. The summed E-state index contributed by atoms with van der Waals surface area (Å²) in [6, 6.07) is 0. The van der Waals surface area contributed by atoms with Crippen molar-refractivity contribution in [3.63, 3.8) is 0 Å². The minimum Gasteiger partial charge on any atom is -0.479 e. The number of carboxylic acid groups (broad SMARTS) is 1. The summed E-state index contributed by atoms with van der Waals surface area (Å²) in [7, 11) is 0. The number of aliphatic hydroxyl groups is 1. The summed E-state index contributed by atoms with van der Waals surface area (Å²) in [5.74, 6) is -2.54. The highest BCUT2D eigenvalue weighted by molar-refractivity contribution is 5.72. The highest BCUT2D eigenvalue weighted by Crippen LogP contribution is 2.10. The van der Waals surface area contributed by atoms with Crippen LogP contribution in [0, 0.1) is 0 Å². The zero-order chi connectivity index (χ0) is 9.78. The van der Waals surface area contributed by atoms with E-state index in [2.05, 4.69) is 0 Å². The normalized spacial score (nSPS) is 14.3. The van der Waals surface area contributed by atoms with Crippen molar-refractivity contribution < 1.29 is 19.7 Å². The van der Waals surface area contributed by atoms with Crippen molar-refractivity contribution in [2.75, 3.05) is 6.54 Å². The molecule has 0 aliphatic rings. The summed E-state index contributed by atoms with van der Waals surface area (Å²) >= 11 is 0. The lowest BCUT2D eigenvalue weighted by Crippen LogP contribution is -2.36. The number of nitrogens with two attached hydrogens (primary N) is 1.